The van der Waals surface area contributed by atoms with Crippen molar-refractivity contribution in [2.24, 2.45) is 10.9 Å². The molecule has 0 radical (unpaired) electrons. The molecule has 1 aromatic carbocycles. The second-order valence-electron chi connectivity index (χ2n) is 6.79. The molecule has 1 fully saturated rings. The summed E-state index contributed by atoms with van der Waals surface area (Å²) in [6.07, 6.45) is 3.69. The van der Waals surface area contributed by atoms with Gasteiger partial charge in [0.25, 0.3) is 0 Å². The van der Waals surface area contributed by atoms with Gasteiger partial charge in [-0.05, 0) is 69.4 Å². The third-order valence-electron chi connectivity index (χ3n) is 4.60. The van der Waals surface area contributed by atoms with Crippen molar-refractivity contribution in [1.82, 2.24) is 15.5 Å². The minimum absolute atomic E-state index is 0. The molecule has 1 aromatic rings. The maximum Gasteiger partial charge on any atom is 0.191 e. The molecule has 1 saturated heterocycles. The van der Waals surface area contributed by atoms with Gasteiger partial charge in [0, 0.05) is 13.1 Å². The Morgan fingerprint density at radius 2 is 2.04 bits per heavy atom. The molecule has 7 heteroatoms. The third kappa shape index (κ3) is 8.07. The zero-order valence-corrected chi connectivity index (χ0v) is 18.1. The Morgan fingerprint density at radius 1 is 1.31 bits per heavy atom. The predicted octanol–water partition coefficient (Wildman–Crippen LogP) is 3.33. The van der Waals surface area contributed by atoms with Gasteiger partial charge in [0.1, 0.15) is 0 Å². The van der Waals surface area contributed by atoms with Crippen molar-refractivity contribution in [2.45, 2.75) is 39.7 Å². The minimum atomic E-state index is -0.610. The molecule has 26 heavy (non-hydrogen) atoms. The molecular weight excluding hydrogens is 446 g/mol. The Balaban J connectivity index is 0.00000338. The van der Waals surface area contributed by atoms with Gasteiger partial charge in [0.15, 0.2) is 17.5 Å². The van der Waals surface area contributed by atoms with Crippen molar-refractivity contribution in [3.8, 4) is 5.75 Å². The fourth-order valence-corrected chi connectivity index (χ4v) is 2.96. The fourth-order valence-electron chi connectivity index (χ4n) is 2.96. The number of guanidine groups is 1. The maximum absolute atomic E-state index is 13.4. The number of nitrogens with one attached hydrogen (secondary N) is 2. The normalized spacial score (nSPS) is 16.2. The largest absolute Gasteiger partial charge is 0.505 e. The number of aromatic hydroxyl groups is 1. The van der Waals surface area contributed by atoms with E-state index in [0.717, 1.165) is 43.5 Å². The Bertz CT molecular complexity index is 562. The number of hydrogen-bond acceptors (Lipinski definition) is 3. The molecule has 0 unspecified atom stereocenters. The van der Waals surface area contributed by atoms with Gasteiger partial charge >= 0.3 is 0 Å². The van der Waals surface area contributed by atoms with Crippen LogP contribution in [0, 0.1) is 11.7 Å². The summed E-state index contributed by atoms with van der Waals surface area (Å²) >= 11 is 0. The molecule has 0 saturated carbocycles. The molecule has 0 atom stereocenters. The van der Waals surface area contributed by atoms with E-state index in [1.165, 1.54) is 38.1 Å². The highest BCUT2D eigenvalue weighted by Gasteiger charge is 2.14. The van der Waals surface area contributed by atoms with Gasteiger partial charge in [0.05, 0.1) is 6.54 Å². The summed E-state index contributed by atoms with van der Waals surface area (Å²) in [5.41, 5.74) is 0.731. The van der Waals surface area contributed by atoms with E-state index in [2.05, 4.69) is 27.4 Å². The molecule has 148 valence electrons. The summed E-state index contributed by atoms with van der Waals surface area (Å²) in [6.45, 7) is 9.90. The number of rotatable bonds is 7. The molecule has 0 spiro atoms. The number of benzene rings is 1. The van der Waals surface area contributed by atoms with Crippen LogP contribution in [0.4, 0.5) is 4.39 Å². The summed E-state index contributed by atoms with van der Waals surface area (Å²) in [7, 11) is 0. The molecule has 5 nitrogen and oxygen atoms in total. The lowest BCUT2D eigenvalue weighted by atomic mass is 9.99. The zero-order valence-electron chi connectivity index (χ0n) is 15.8. The van der Waals surface area contributed by atoms with E-state index in [-0.39, 0.29) is 29.7 Å². The molecule has 1 aliphatic rings. The lowest BCUT2D eigenvalue weighted by Crippen LogP contribution is -2.39. The average molecular weight is 478 g/mol. The van der Waals surface area contributed by atoms with Gasteiger partial charge in [-0.3, -0.25) is 0 Å². The Hall–Kier alpha value is -1.09. The van der Waals surface area contributed by atoms with Crippen molar-refractivity contribution in [2.75, 3.05) is 32.7 Å². The number of likely N-dealkylation sites (tertiary alicyclic amines) is 1. The predicted molar refractivity (Wildman–Crippen MR) is 116 cm³/mol. The average Bonchev–Trinajstić information content (AvgIpc) is 2.61. The van der Waals surface area contributed by atoms with E-state index in [1.54, 1.807) is 6.07 Å². The number of phenols is 1. The van der Waals surface area contributed by atoms with Crippen molar-refractivity contribution in [1.29, 1.82) is 0 Å². The van der Waals surface area contributed by atoms with E-state index in [9.17, 15) is 9.50 Å². The Kier molecular flexibility index (Phi) is 10.9. The second-order valence-corrected chi connectivity index (χ2v) is 6.79. The van der Waals surface area contributed by atoms with Crippen LogP contribution >= 0.6 is 24.0 Å². The lowest BCUT2D eigenvalue weighted by Gasteiger charge is -2.30. The molecule has 3 N–H and O–H groups in total. The van der Waals surface area contributed by atoms with Gasteiger partial charge in [-0.2, -0.15) is 0 Å². The Morgan fingerprint density at radius 3 is 2.69 bits per heavy atom. The van der Waals surface area contributed by atoms with E-state index < -0.39 is 5.82 Å². The number of hydrogen-bond donors (Lipinski definition) is 3. The van der Waals surface area contributed by atoms with Crippen LogP contribution in [-0.2, 0) is 6.54 Å². The van der Waals surface area contributed by atoms with Crippen LogP contribution in [0.15, 0.2) is 23.2 Å². The van der Waals surface area contributed by atoms with Gasteiger partial charge in [-0.15, -0.1) is 24.0 Å². The number of piperidine rings is 1. The van der Waals surface area contributed by atoms with Crippen LogP contribution in [0.1, 0.15) is 38.7 Å². The molecule has 0 bridgehead atoms. The highest BCUT2D eigenvalue weighted by Crippen LogP contribution is 2.17. The smallest absolute Gasteiger partial charge is 0.191 e. The van der Waals surface area contributed by atoms with Crippen LogP contribution < -0.4 is 10.6 Å². The maximum atomic E-state index is 13.4. The summed E-state index contributed by atoms with van der Waals surface area (Å²) in [4.78, 5) is 7.01. The number of halogens is 2. The van der Waals surface area contributed by atoms with Crippen LogP contribution in [0.2, 0.25) is 0 Å². The standard InChI is InChI=1S/C19H31FN4O.HI/c1-3-21-19(23-14-16-5-6-18(25)17(20)13-16)22-9-4-10-24-11-7-15(2)8-12-24;/h5-6,13,15,25H,3-4,7-12,14H2,1-2H3,(H2,21,22,23);1H. The molecule has 0 aromatic heterocycles. The summed E-state index contributed by atoms with van der Waals surface area (Å²) in [5.74, 6) is 0.668. The molecular formula is C19H32FIN4O. The highest BCUT2D eigenvalue weighted by molar-refractivity contribution is 14.0. The Labute approximate surface area is 173 Å². The second kappa shape index (κ2) is 12.3. The summed E-state index contributed by atoms with van der Waals surface area (Å²) < 4.78 is 13.4. The van der Waals surface area contributed by atoms with Gasteiger partial charge in [-0.25, -0.2) is 9.38 Å². The molecule has 2 rings (SSSR count). The van der Waals surface area contributed by atoms with E-state index >= 15 is 0 Å². The van der Waals surface area contributed by atoms with Crippen molar-refractivity contribution in [3.63, 3.8) is 0 Å². The monoisotopic (exact) mass is 478 g/mol. The number of phenolic OH excluding ortho intramolecular Hbond substituents is 1. The minimum Gasteiger partial charge on any atom is -0.505 e. The quantitative estimate of drug-likeness (QED) is 0.244. The summed E-state index contributed by atoms with van der Waals surface area (Å²) in [6, 6.07) is 4.36. The van der Waals surface area contributed by atoms with E-state index in [1.807, 2.05) is 6.92 Å². The van der Waals surface area contributed by atoms with Crippen molar-refractivity contribution >= 4 is 29.9 Å². The molecule has 0 aliphatic carbocycles. The van der Waals surface area contributed by atoms with Crippen molar-refractivity contribution in [3.05, 3.63) is 29.6 Å². The van der Waals surface area contributed by atoms with Gasteiger partial charge in [-0.1, -0.05) is 13.0 Å². The first-order chi connectivity index (χ1) is 12.1. The zero-order chi connectivity index (χ0) is 18.1. The van der Waals surface area contributed by atoms with Gasteiger partial charge in [0.2, 0.25) is 0 Å². The molecule has 1 heterocycles. The van der Waals surface area contributed by atoms with Gasteiger partial charge < -0.3 is 20.6 Å². The van der Waals surface area contributed by atoms with Crippen LogP contribution in [-0.4, -0.2) is 48.7 Å². The van der Waals surface area contributed by atoms with E-state index in [0.29, 0.717) is 6.54 Å². The lowest BCUT2D eigenvalue weighted by molar-refractivity contribution is 0.191. The first kappa shape index (κ1) is 23.0. The topological polar surface area (TPSA) is 59.9 Å². The van der Waals surface area contributed by atoms with Crippen LogP contribution in [0.3, 0.4) is 0 Å². The first-order valence-electron chi connectivity index (χ1n) is 9.30. The molecule has 1 aliphatic heterocycles. The van der Waals surface area contributed by atoms with E-state index in [4.69, 9.17) is 0 Å². The fraction of sp³-hybridized carbons (Fsp3) is 0.632. The molecule has 0 amide bonds. The van der Waals surface area contributed by atoms with Crippen molar-refractivity contribution < 1.29 is 9.50 Å². The first-order valence-corrected chi connectivity index (χ1v) is 9.30. The van der Waals surface area contributed by atoms with Crippen LogP contribution in [0.5, 0.6) is 5.75 Å². The summed E-state index contributed by atoms with van der Waals surface area (Å²) in [5, 5.41) is 15.8. The highest BCUT2D eigenvalue weighted by atomic mass is 127. The number of nitrogens with zero attached hydrogens (tertiary/aromatic N) is 2. The third-order valence-corrected chi connectivity index (χ3v) is 4.60. The number of aliphatic imine (C=N–C) groups is 1. The van der Waals surface area contributed by atoms with Crippen LogP contribution in [0.25, 0.3) is 0 Å². The SMILES string of the molecule is CCNC(=NCc1ccc(O)c(F)c1)NCCCN1CCC(C)CC1.I.